The van der Waals surface area contributed by atoms with Gasteiger partial charge in [-0.25, -0.2) is 0 Å². The van der Waals surface area contributed by atoms with Gasteiger partial charge in [0.1, 0.15) is 0 Å². The standard InChI is InChI=1S/C16H21N3O3S/c20-16(17-8-10-23-11-9-17)15-2-1-7-18(15)12-13-3-5-14(6-4-13)19(21)22/h3-6,15H,1-2,7-12H2/t15-/m0/s1. The molecular weight excluding hydrogens is 314 g/mol. The molecule has 2 heterocycles. The van der Waals surface area contributed by atoms with Crippen LogP contribution < -0.4 is 0 Å². The molecular formula is C16H21N3O3S. The Hall–Kier alpha value is -1.60. The third kappa shape index (κ3) is 3.84. The average Bonchev–Trinajstić information content (AvgIpc) is 3.03. The van der Waals surface area contributed by atoms with Crippen LogP contribution in [-0.2, 0) is 11.3 Å². The van der Waals surface area contributed by atoms with Gasteiger partial charge in [0.25, 0.3) is 5.69 Å². The minimum Gasteiger partial charge on any atom is -0.340 e. The molecule has 23 heavy (non-hydrogen) atoms. The Bertz CT molecular complexity index is 572. The van der Waals surface area contributed by atoms with Crippen LogP contribution in [0.5, 0.6) is 0 Å². The number of thioether (sulfide) groups is 1. The van der Waals surface area contributed by atoms with Gasteiger partial charge in [0.2, 0.25) is 5.91 Å². The van der Waals surface area contributed by atoms with E-state index in [1.807, 2.05) is 16.7 Å². The Morgan fingerprint density at radius 2 is 1.91 bits per heavy atom. The number of nitro benzene ring substituents is 1. The summed E-state index contributed by atoms with van der Waals surface area (Å²) in [5.41, 5.74) is 1.12. The summed E-state index contributed by atoms with van der Waals surface area (Å²) in [7, 11) is 0. The SMILES string of the molecule is O=C([C@@H]1CCCN1Cc1ccc([N+](=O)[O-])cc1)N1CCSCC1. The van der Waals surface area contributed by atoms with Crippen LogP contribution in [-0.4, -0.2) is 57.8 Å². The summed E-state index contributed by atoms with van der Waals surface area (Å²) in [5, 5.41) is 10.7. The van der Waals surface area contributed by atoms with Crippen LogP contribution in [0.3, 0.4) is 0 Å². The number of hydrogen-bond acceptors (Lipinski definition) is 5. The van der Waals surface area contributed by atoms with E-state index in [1.54, 1.807) is 12.1 Å². The van der Waals surface area contributed by atoms with Gasteiger partial charge in [-0.3, -0.25) is 19.8 Å². The lowest BCUT2D eigenvalue weighted by molar-refractivity contribution is -0.384. The predicted octanol–water partition coefficient (Wildman–Crippen LogP) is 2.13. The number of rotatable bonds is 4. The Balaban J connectivity index is 1.64. The lowest BCUT2D eigenvalue weighted by Crippen LogP contribution is -2.48. The highest BCUT2D eigenvalue weighted by atomic mass is 32.2. The van der Waals surface area contributed by atoms with Gasteiger partial charge < -0.3 is 4.90 Å². The fourth-order valence-electron chi connectivity index (χ4n) is 3.25. The van der Waals surface area contributed by atoms with Crippen LogP contribution in [0, 0.1) is 10.1 Å². The number of non-ortho nitro benzene ring substituents is 1. The molecule has 3 rings (SSSR count). The van der Waals surface area contributed by atoms with Gasteiger partial charge >= 0.3 is 0 Å². The molecule has 2 aliphatic heterocycles. The Labute approximate surface area is 140 Å². The quantitative estimate of drug-likeness (QED) is 0.623. The average molecular weight is 335 g/mol. The summed E-state index contributed by atoms with van der Waals surface area (Å²) in [6.45, 7) is 3.30. The Morgan fingerprint density at radius 1 is 1.22 bits per heavy atom. The maximum atomic E-state index is 12.7. The van der Waals surface area contributed by atoms with Gasteiger partial charge in [0, 0.05) is 43.3 Å². The second kappa shape index (κ2) is 7.31. The summed E-state index contributed by atoms with van der Waals surface area (Å²) >= 11 is 1.90. The highest BCUT2D eigenvalue weighted by molar-refractivity contribution is 7.99. The smallest absolute Gasteiger partial charge is 0.269 e. The zero-order valence-corrected chi connectivity index (χ0v) is 13.8. The lowest BCUT2D eigenvalue weighted by Gasteiger charge is -2.32. The van der Waals surface area contributed by atoms with Gasteiger partial charge in [-0.05, 0) is 24.9 Å². The molecule has 1 amide bonds. The number of nitrogens with zero attached hydrogens (tertiary/aromatic N) is 3. The first-order chi connectivity index (χ1) is 11.1. The first kappa shape index (κ1) is 16.3. The molecule has 2 aliphatic rings. The van der Waals surface area contributed by atoms with Crippen molar-refractivity contribution < 1.29 is 9.72 Å². The molecule has 1 aromatic rings. The molecule has 1 atom stereocenters. The highest BCUT2D eigenvalue weighted by Gasteiger charge is 2.34. The van der Waals surface area contributed by atoms with Crippen molar-refractivity contribution in [2.75, 3.05) is 31.1 Å². The van der Waals surface area contributed by atoms with Crippen molar-refractivity contribution >= 4 is 23.4 Å². The van der Waals surface area contributed by atoms with Crippen LogP contribution in [0.2, 0.25) is 0 Å². The van der Waals surface area contributed by atoms with E-state index >= 15 is 0 Å². The summed E-state index contributed by atoms with van der Waals surface area (Å²) in [6.07, 6.45) is 1.95. The van der Waals surface area contributed by atoms with E-state index in [0.29, 0.717) is 6.54 Å². The van der Waals surface area contributed by atoms with Crippen molar-refractivity contribution in [3.63, 3.8) is 0 Å². The van der Waals surface area contributed by atoms with Crippen molar-refractivity contribution in [2.24, 2.45) is 0 Å². The topological polar surface area (TPSA) is 66.7 Å². The summed E-state index contributed by atoms with van der Waals surface area (Å²) in [4.78, 5) is 27.3. The number of nitro groups is 1. The van der Waals surface area contributed by atoms with E-state index in [-0.39, 0.29) is 22.6 Å². The van der Waals surface area contributed by atoms with Crippen molar-refractivity contribution in [2.45, 2.75) is 25.4 Å². The molecule has 0 bridgehead atoms. The number of carbonyl (C=O) groups excluding carboxylic acids is 1. The molecule has 7 heteroatoms. The second-order valence-corrected chi connectivity index (χ2v) is 7.21. The Morgan fingerprint density at radius 3 is 2.57 bits per heavy atom. The number of benzene rings is 1. The summed E-state index contributed by atoms with van der Waals surface area (Å²) in [6, 6.07) is 6.60. The van der Waals surface area contributed by atoms with Crippen LogP contribution >= 0.6 is 11.8 Å². The molecule has 0 radical (unpaired) electrons. The van der Waals surface area contributed by atoms with E-state index in [4.69, 9.17) is 0 Å². The van der Waals surface area contributed by atoms with Gasteiger partial charge in [-0.2, -0.15) is 11.8 Å². The third-order valence-corrected chi connectivity index (χ3v) is 5.45. The molecule has 0 spiro atoms. The molecule has 0 N–H and O–H groups in total. The van der Waals surface area contributed by atoms with E-state index in [0.717, 1.165) is 49.5 Å². The Kier molecular flexibility index (Phi) is 5.17. The number of carbonyl (C=O) groups is 1. The van der Waals surface area contributed by atoms with E-state index in [2.05, 4.69) is 4.90 Å². The molecule has 6 nitrogen and oxygen atoms in total. The van der Waals surface area contributed by atoms with Gasteiger partial charge in [-0.1, -0.05) is 12.1 Å². The van der Waals surface area contributed by atoms with Crippen LogP contribution in [0.25, 0.3) is 0 Å². The largest absolute Gasteiger partial charge is 0.340 e. The number of likely N-dealkylation sites (tertiary alicyclic amines) is 1. The van der Waals surface area contributed by atoms with Crippen LogP contribution in [0.1, 0.15) is 18.4 Å². The van der Waals surface area contributed by atoms with Gasteiger partial charge in [0.05, 0.1) is 11.0 Å². The minimum absolute atomic E-state index is 0.0340. The zero-order valence-electron chi connectivity index (χ0n) is 13.0. The first-order valence-corrected chi connectivity index (χ1v) is 9.14. The van der Waals surface area contributed by atoms with Crippen molar-refractivity contribution in [1.29, 1.82) is 0 Å². The summed E-state index contributed by atoms with van der Waals surface area (Å²) in [5.74, 6) is 2.31. The van der Waals surface area contributed by atoms with Crippen molar-refractivity contribution in [3.8, 4) is 0 Å². The van der Waals surface area contributed by atoms with Gasteiger partial charge in [0.15, 0.2) is 0 Å². The molecule has 2 saturated heterocycles. The molecule has 124 valence electrons. The molecule has 0 unspecified atom stereocenters. The monoisotopic (exact) mass is 335 g/mol. The minimum atomic E-state index is -0.389. The van der Waals surface area contributed by atoms with E-state index in [1.165, 1.54) is 12.1 Å². The molecule has 0 saturated carbocycles. The maximum absolute atomic E-state index is 12.7. The normalized spacial score (nSPS) is 22.3. The molecule has 0 aliphatic carbocycles. The first-order valence-electron chi connectivity index (χ1n) is 7.99. The number of hydrogen-bond donors (Lipinski definition) is 0. The van der Waals surface area contributed by atoms with Crippen LogP contribution in [0.15, 0.2) is 24.3 Å². The third-order valence-electron chi connectivity index (χ3n) is 4.50. The van der Waals surface area contributed by atoms with E-state index in [9.17, 15) is 14.9 Å². The van der Waals surface area contributed by atoms with Gasteiger partial charge in [-0.15, -0.1) is 0 Å². The fourth-order valence-corrected chi connectivity index (χ4v) is 4.15. The molecule has 2 fully saturated rings. The van der Waals surface area contributed by atoms with Crippen molar-refractivity contribution in [1.82, 2.24) is 9.80 Å². The zero-order chi connectivity index (χ0) is 16.2. The fraction of sp³-hybridized carbons (Fsp3) is 0.562. The van der Waals surface area contributed by atoms with Crippen molar-refractivity contribution in [3.05, 3.63) is 39.9 Å². The lowest BCUT2D eigenvalue weighted by atomic mass is 10.1. The second-order valence-electron chi connectivity index (χ2n) is 5.99. The number of amides is 1. The predicted molar refractivity (Wildman–Crippen MR) is 90.4 cm³/mol. The van der Waals surface area contributed by atoms with Crippen LogP contribution in [0.4, 0.5) is 5.69 Å². The van der Waals surface area contributed by atoms with E-state index < -0.39 is 0 Å². The molecule has 1 aromatic carbocycles. The molecule has 0 aromatic heterocycles. The highest BCUT2D eigenvalue weighted by Crippen LogP contribution is 2.24. The summed E-state index contributed by atoms with van der Waals surface area (Å²) < 4.78 is 0. The maximum Gasteiger partial charge on any atom is 0.269 e.